The van der Waals surface area contributed by atoms with E-state index in [9.17, 15) is 4.79 Å². The number of nitrogens with zero attached hydrogens (tertiary/aromatic N) is 1. The Kier molecular flexibility index (Phi) is 2.84. The zero-order valence-electron chi connectivity index (χ0n) is 7.85. The fourth-order valence-corrected chi connectivity index (χ4v) is 2.55. The van der Waals surface area contributed by atoms with Crippen LogP contribution in [-0.2, 0) is 11.3 Å². The largest absolute Gasteiger partial charge is 0.481 e. The first-order valence-corrected chi connectivity index (χ1v) is 5.61. The summed E-state index contributed by atoms with van der Waals surface area (Å²) in [6.07, 6.45) is 0.792. The maximum atomic E-state index is 10.7. The van der Waals surface area contributed by atoms with E-state index in [1.807, 2.05) is 6.07 Å². The molecule has 0 aliphatic carbocycles. The molecule has 0 saturated carbocycles. The Balaban J connectivity index is 1.87. The molecule has 1 aromatic heterocycles. The molecule has 1 atom stereocenters. The van der Waals surface area contributed by atoms with E-state index in [4.69, 9.17) is 5.11 Å². The van der Waals surface area contributed by atoms with Crippen molar-refractivity contribution in [2.45, 2.75) is 13.0 Å². The smallest absolute Gasteiger partial charge is 0.307 e. The molecule has 1 aliphatic heterocycles. The van der Waals surface area contributed by atoms with Crippen molar-refractivity contribution in [3.8, 4) is 0 Å². The van der Waals surface area contributed by atoms with Crippen LogP contribution in [0.15, 0.2) is 17.5 Å². The molecule has 1 fully saturated rings. The van der Waals surface area contributed by atoms with E-state index >= 15 is 0 Å². The summed E-state index contributed by atoms with van der Waals surface area (Å²) in [5.74, 6) is -0.811. The van der Waals surface area contributed by atoms with Gasteiger partial charge in [-0.2, -0.15) is 0 Å². The van der Waals surface area contributed by atoms with Crippen LogP contribution < -0.4 is 0 Å². The van der Waals surface area contributed by atoms with Gasteiger partial charge in [0, 0.05) is 18.0 Å². The van der Waals surface area contributed by atoms with Gasteiger partial charge >= 0.3 is 5.97 Å². The van der Waals surface area contributed by atoms with Crippen molar-refractivity contribution in [3.63, 3.8) is 0 Å². The van der Waals surface area contributed by atoms with E-state index in [1.165, 1.54) is 4.88 Å². The van der Waals surface area contributed by atoms with Crippen molar-refractivity contribution in [1.29, 1.82) is 0 Å². The van der Waals surface area contributed by atoms with Gasteiger partial charge in [0.2, 0.25) is 0 Å². The summed E-state index contributed by atoms with van der Waals surface area (Å²) in [5.41, 5.74) is 0. The Labute approximate surface area is 87.0 Å². The first-order valence-electron chi connectivity index (χ1n) is 4.73. The summed E-state index contributed by atoms with van der Waals surface area (Å²) >= 11 is 1.73. The Morgan fingerprint density at radius 1 is 1.71 bits per heavy atom. The summed E-state index contributed by atoms with van der Waals surface area (Å²) < 4.78 is 0. The molecule has 2 heterocycles. The molecule has 3 nitrogen and oxygen atoms in total. The topological polar surface area (TPSA) is 40.5 Å². The molecule has 76 valence electrons. The van der Waals surface area contributed by atoms with Gasteiger partial charge in [-0.15, -0.1) is 11.3 Å². The number of thiophene rings is 1. The third-order valence-corrected chi connectivity index (χ3v) is 3.44. The molecule has 0 radical (unpaired) electrons. The molecule has 0 aromatic carbocycles. The van der Waals surface area contributed by atoms with Gasteiger partial charge in [0.05, 0.1) is 5.92 Å². The van der Waals surface area contributed by atoms with Gasteiger partial charge in [0.1, 0.15) is 0 Å². The number of carboxylic acids is 1. The molecule has 2 rings (SSSR count). The highest BCUT2D eigenvalue weighted by molar-refractivity contribution is 7.09. The second-order valence-electron chi connectivity index (χ2n) is 3.64. The van der Waals surface area contributed by atoms with Gasteiger partial charge in [0.15, 0.2) is 0 Å². The second kappa shape index (κ2) is 4.11. The molecule has 0 spiro atoms. The average Bonchev–Trinajstić information content (AvgIpc) is 2.75. The maximum absolute atomic E-state index is 10.7. The van der Waals surface area contributed by atoms with Gasteiger partial charge in [-0.1, -0.05) is 6.07 Å². The Morgan fingerprint density at radius 2 is 2.57 bits per heavy atom. The lowest BCUT2D eigenvalue weighted by molar-refractivity contribution is -0.141. The third-order valence-electron chi connectivity index (χ3n) is 2.58. The summed E-state index contributed by atoms with van der Waals surface area (Å²) in [6, 6.07) is 4.13. The van der Waals surface area contributed by atoms with Crippen LogP contribution in [0.2, 0.25) is 0 Å². The van der Waals surface area contributed by atoms with E-state index in [0.29, 0.717) is 6.54 Å². The summed E-state index contributed by atoms with van der Waals surface area (Å²) in [5, 5.41) is 10.9. The van der Waals surface area contributed by atoms with Gasteiger partial charge in [0.25, 0.3) is 0 Å². The molecule has 1 saturated heterocycles. The van der Waals surface area contributed by atoms with Crippen LogP contribution in [0.1, 0.15) is 11.3 Å². The summed E-state index contributed by atoms with van der Waals surface area (Å²) in [4.78, 5) is 14.3. The number of hydrogen-bond acceptors (Lipinski definition) is 3. The van der Waals surface area contributed by atoms with Crippen LogP contribution in [0, 0.1) is 5.92 Å². The average molecular weight is 211 g/mol. The second-order valence-corrected chi connectivity index (χ2v) is 4.67. The minimum atomic E-state index is -0.654. The minimum Gasteiger partial charge on any atom is -0.481 e. The molecule has 1 N–H and O–H groups in total. The van der Waals surface area contributed by atoms with E-state index in [2.05, 4.69) is 16.3 Å². The Hall–Kier alpha value is -0.870. The Bertz CT molecular complexity index is 310. The number of likely N-dealkylation sites (tertiary alicyclic amines) is 1. The zero-order chi connectivity index (χ0) is 9.97. The summed E-state index contributed by atoms with van der Waals surface area (Å²) in [6.45, 7) is 2.52. The van der Waals surface area contributed by atoms with E-state index in [1.54, 1.807) is 11.3 Å². The van der Waals surface area contributed by atoms with Gasteiger partial charge in [-0.05, 0) is 24.4 Å². The van der Waals surface area contributed by atoms with E-state index in [-0.39, 0.29) is 5.92 Å². The molecule has 4 heteroatoms. The standard InChI is InChI=1S/C10H13NO2S/c12-10(13)8-3-4-11(6-8)7-9-2-1-5-14-9/h1-2,5,8H,3-4,6-7H2,(H,12,13)/t8-/m0/s1. The molecule has 0 unspecified atom stereocenters. The molecule has 1 aromatic rings. The highest BCUT2D eigenvalue weighted by Crippen LogP contribution is 2.20. The number of aliphatic carboxylic acids is 1. The number of rotatable bonds is 3. The van der Waals surface area contributed by atoms with Crippen LogP contribution in [0.5, 0.6) is 0 Å². The SMILES string of the molecule is O=C(O)[C@H]1CCN(Cc2cccs2)C1. The lowest BCUT2D eigenvalue weighted by atomic mass is 10.1. The van der Waals surface area contributed by atoms with Crippen molar-refractivity contribution in [2.75, 3.05) is 13.1 Å². The first-order chi connectivity index (χ1) is 6.75. The highest BCUT2D eigenvalue weighted by atomic mass is 32.1. The van der Waals surface area contributed by atoms with Crippen molar-refractivity contribution in [1.82, 2.24) is 4.90 Å². The molecular weight excluding hydrogens is 198 g/mol. The van der Waals surface area contributed by atoms with Crippen molar-refractivity contribution < 1.29 is 9.90 Å². The van der Waals surface area contributed by atoms with Crippen LogP contribution in [0.4, 0.5) is 0 Å². The molecule has 14 heavy (non-hydrogen) atoms. The summed E-state index contributed by atoms with van der Waals surface area (Å²) in [7, 11) is 0. The van der Waals surface area contributed by atoms with Gasteiger partial charge < -0.3 is 5.11 Å². The van der Waals surface area contributed by atoms with Crippen LogP contribution in [0.25, 0.3) is 0 Å². The molecular formula is C10H13NO2S. The van der Waals surface area contributed by atoms with Crippen LogP contribution in [0.3, 0.4) is 0 Å². The van der Waals surface area contributed by atoms with Gasteiger partial charge in [-0.3, -0.25) is 9.69 Å². The first kappa shape index (κ1) is 9.68. The number of carboxylic acid groups (broad SMARTS) is 1. The fraction of sp³-hybridized carbons (Fsp3) is 0.500. The van der Waals surface area contributed by atoms with E-state index < -0.39 is 5.97 Å². The highest BCUT2D eigenvalue weighted by Gasteiger charge is 2.27. The molecule has 0 bridgehead atoms. The monoisotopic (exact) mass is 211 g/mol. The molecule has 1 aliphatic rings. The normalized spacial score (nSPS) is 22.7. The minimum absolute atomic E-state index is 0.157. The third kappa shape index (κ3) is 2.13. The Morgan fingerprint density at radius 3 is 3.14 bits per heavy atom. The maximum Gasteiger partial charge on any atom is 0.307 e. The lowest BCUT2D eigenvalue weighted by Crippen LogP contribution is -2.22. The number of carbonyl (C=O) groups is 1. The van der Waals surface area contributed by atoms with Crippen molar-refractivity contribution in [2.24, 2.45) is 5.92 Å². The predicted molar refractivity (Wildman–Crippen MR) is 55.3 cm³/mol. The fourth-order valence-electron chi connectivity index (χ4n) is 1.80. The lowest BCUT2D eigenvalue weighted by Gasteiger charge is -2.13. The van der Waals surface area contributed by atoms with Gasteiger partial charge in [-0.25, -0.2) is 0 Å². The predicted octanol–water partition coefficient (Wildman–Crippen LogP) is 1.65. The van der Waals surface area contributed by atoms with Crippen LogP contribution in [-0.4, -0.2) is 29.1 Å². The number of hydrogen-bond donors (Lipinski definition) is 1. The molecule has 0 amide bonds. The van der Waals surface area contributed by atoms with Crippen molar-refractivity contribution >= 4 is 17.3 Å². The van der Waals surface area contributed by atoms with Crippen molar-refractivity contribution in [3.05, 3.63) is 22.4 Å². The van der Waals surface area contributed by atoms with E-state index in [0.717, 1.165) is 19.5 Å². The van der Waals surface area contributed by atoms with Crippen LogP contribution >= 0.6 is 11.3 Å². The quantitative estimate of drug-likeness (QED) is 0.826. The zero-order valence-corrected chi connectivity index (χ0v) is 8.67.